The van der Waals surface area contributed by atoms with E-state index in [0.29, 0.717) is 6.54 Å². The highest BCUT2D eigenvalue weighted by atomic mass is 16.5. The Kier molecular flexibility index (Phi) is 5.11. The van der Waals surface area contributed by atoms with Crippen molar-refractivity contribution in [1.29, 1.82) is 0 Å². The van der Waals surface area contributed by atoms with Gasteiger partial charge in [-0.05, 0) is 35.4 Å². The van der Waals surface area contributed by atoms with Crippen LogP contribution in [0.5, 0.6) is 5.75 Å². The van der Waals surface area contributed by atoms with Crippen LogP contribution in [0.2, 0.25) is 0 Å². The molecule has 0 aliphatic heterocycles. The second-order valence-corrected chi connectivity index (χ2v) is 5.35. The fraction of sp³-hybridized carbons (Fsp3) is 0.533. The highest BCUT2D eigenvalue weighted by Gasteiger charge is 2.15. The van der Waals surface area contributed by atoms with Crippen molar-refractivity contribution < 1.29 is 9.53 Å². The number of carbonyl (C=O) groups excluding carboxylic acids is 1. The van der Waals surface area contributed by atoms with Gasteiger partial charge in [-0.15, -0.1) is 0 Å². The monoisotopic (exact) mass is 247 g/mol. The maximum atomic E-state index is 10.0. The van der Waals surface area contributed by atoms with Crippen LogP contribution >= 0.6 is 0 Å². The van der Waals surface area contributed by atoms with Crippen molar-refractivity contribution in [3.05, 3.63) is 29.3 Å². The second-order valence-electron chi connectivity index (χ2n) is 5.35. The first-order valence-corrected chi connectivity index (χ1v) is 6.20. The summed E-state index contributed by atoms with van der Waals surface area (Å²) < 4.78 is 5.36. The topological polar surface area (TPSA) is 38.7 Å². The smallest absolute Gasteiger partial charge is 0.234 e. The van der Waals surface area contributed by atoms with Gasteiger partial charge in [-0.2, -0.15) is 0 Å². The molecule has 0 aromatic heterocycles. The van der Waals surface area contributed by atoms with E-state index in [1.54, 1.807) is 13.2 Å². The predicted molar refractivity (Wildman–Crippen MR) is 73.0 cm³/mol. The Labute approximate surface area is 109 Å². The van der Waals surface area contributed by atoms with Crippen molar-refractivity contribution in [2.24, 2.45) is 4.99 Å². The number of methoxy groups -OCH3 is 1. The SMILES string of the molecule is COc1ccc(C(C)(C)C)cc1CCCN=C=O. The number of hydrogen-bond acceptors (Lipinski definition) is 3. The average Bonchev–Trinajstić information content (AvgIpc) is 2.33. The van der Waals surface area contributed by atoms with Crippen LogP contribution in [0.15, 0.2) is 23.2 Å². The molecule has 0 heterocycles. The van der Waals surface area contributed by atoms with Gasteiger partial charge in [-0.25, -0.2) is 9.79 Å². The molecule has 0 spiro atoms. The van der Waals surface area contributed by atoms with Crippen molar-refractivity contribution in [2.75, 3.05) is 13.7 Å². The van der Waals surface area contributed by atoms with E-state index in [4.69, 9.17) is 4.74 Å². The Morgan fingerprint density at radius 3 is 2.61 bits per heavy atom. The summed E-state index contributed by atoms with van der Waals surface area (Å²) in [5.74, 6) is 0.901. The highest BCUT2D eigenvalue weighted by Crippen LogP contribution is 2.28. The third kappa shape index (κ3) is 4.01. The van der Waals surface area contributed by atoms with Crippen molar-refractivity contribution in [1.82, 2.24) is 0 Å². The van der Waals surface area contributed by atoms with Crippen molar-refractivity contribution in [3.8, 4) is 5.75 Å². The maximum absolute atomic E-state index is 10.0. The van der Waals surface area contributed by atoms with Gasteiger partial charge in [0.2, 0.25) is 6.08 Å². The molecule has 0 unspecified atom stereocenters. The van der Waals surface area contributed by atoms with Gasteiger partial charge in [0.05, 0.1) is 13.7 Å². The minimum absolute atomic E-state index is 0.127. The Hall–Kier alpha value is -1.60. The van der Waals surface area contributed by atoms with Gasteiger partial charge in [-0.3, -0.25) is 0 Å². The third-order valence-corrected chi connectivity index (χ3v) is 2.93. The number of aryl methyl sites for hydroxylation is 1. The molecule has 0 atom stereocenters. The number of rotatable bonds is 5. The molecule has 98 valence electrons. The third-order valence-electron chi connectivity index (χ3n) is 2.93. The largest absolute Gasteiger partial charge is 0.496 e. The fourth-order valence-corrected chi connectivity index (χ4v) is 1.83. The molecule has 1 rings (SSSR count). The minimum atomic E-state index is 0.127. The molecule has 1 aromatic carbocycles. The van der Waals surface area contributed by atoms with Gasteiger partial charge >= 0.3 is 0 Å². The molecule has 0 bridgehead atoms. The van der Waals surface area contributed by atoms with Gasteiger partial charge in [0.1, 0.15) is 5.75 Å². The van der Waals surface area contributed by atoms with Crippen molar-refractivity contribution in [3.63, 3.8) is 0 Å². The zero-order chi connectivity index (χ0) is 13.6. The summed E-state index contributed by atoms with van der Waals surface area (Å²) in [6.45, 7) is 7.09. The van der Waals surface area contributed by atoms with Gasteiger partial charge in [0.25, 0.3) is 0 Å². The molecule has 0 saturated carbocycles. The quantitative estimate of drug-likeness (QED) is 0.455. The lowest BCUT2D eigenvalue weighted by Crippen LogP contribution is -2.11. The molecule has 0 radical (unpaired) electrons. The van der Waals surface area contributed by atoms with E-state index >= 15 is 0 Å². The lowest BCUT2D eigenvalue weighted by atomic mass is 9.85. The van der Waals surface area contributed by atoms with Crippen LogP contribution in [0.25, 0.3) is 0 Å². The molecule has 0 N–H and O–H groups in total. The molecule has 0 aliphatic rings. The van der Waals surface area contributed by atoms with E-state index in [9.17, 15) is 4.79 Å². The Balaban J connectivity index is 2.88. The molecule has 1 aromatic rings. The number of aliphatic imine (C=N–C) groups is 1. The molecule has 0 fully saturated rings. The van der Waals surface area contributed by atoms with Gasteiger partial charge < -0.3 is 4.74 Å². The molecule has 3 heteroatoms. The van der Waals surface area contributed by atoms with E-state index in [1.807, 2.05) is 6.07 Å². The normalized spacial score (nSPS) is 10.9. The first kappa shape index (κ1) is 14.5. The summed E-state index contributed by atoms with van der Waals surface area (Å²) in [5.41, 5.74) is 2.59. The van der Waals surface area contributed by atoms with Crippen LogP contribution in [-0.4, -0.2) is 19.7 Å². The molecular weight excluding hydrogens is 226 g/mol. The zero-order valence-electron chi connectivity index (χ0n) is 11.6. The molecule has 0 amide bonds. The molecule has 3 nitrogen and oxygen atoms in total. The number of nitrogens with zero attached hydrogens (tertiary/aromatic N) is 1. The Bertz CT molecular complexity index is 440. The van der Waals surface area contributed by atoms with Gasteiger partial charge in [-0.1, -0.05) is 32.9 Å². The first-order valence-electron chi connectivity index (χ1n) is 6.20. The van der Waals surface area contributed by atoms with E-state index in [1.165, 1.54) is 11.1 Å². The van der Waals surface area contributed by atoms with Crippen LogP contribution in [0.1, 0.15) is 38.3 Å². The van der Waals surface area contributed by atoms with E-state index in [2.05, 4.69) is 37.9 Å². The lowest BCUT2D eigenvalue weighted by Gasteiger charge is -2.21. The molecule has 18 heavy (non-hydrogen) atoms. The van der Waals surface area contributed by atoms with Crippen LogP contribution in [0.3, 0.4) is 0 Å². The van der Waals surface area contributed by atoms with Crippen LogP contribution in [0, 0.1) is 0 Å². The number of ether oxygens (including phenoxy) is 1. The summed E-state index contributed by atoms with van der Waals surface area (Å²) in [6, 6.07) is 6.30. The van der Waals surface area contributed by atoms with Crippen molar-refractivity contribution in [2.45, 2.75) is 39.0 Å². The fourth-order valence-electron chi connectivity index (χ4n) is 1.83. The summed E-state index contributed by atoms with van der Waals surface area (Å²) in [4.78, 5) is 13.6. The predicted octanol–water partition coefficient (Wildman–Crippen LogP) is 3.26. The van der Waals surface area contributed by atoms with Crippen LogP contribution in [-0.2, 0) is 16.6 Å². The Morgan fingerprint density at radius 1 is 1.33 bits per heavy atom. The zero-order valence-corrected chi connectivity index (χ0v) is 11.6. The summed E-state index contributed by atoms with van der Waals surface area (Å²) in [7, 11) is 1.68. The van der Waals surface area contributed by atoms with Crippen LogP contribution < -0.4 is 4.74 Å². The van der Waals surface area contributed by atoms with Gasteiger partial charge in [0, 0.05) is 0 Å². The molecule has 0 aliphatic carbocycles. The number of isocyanates is 1. The van der Waals surface area contributed by atoms with E-state index < -0.39 is 0 Å². The summed E-state index contributed by atoms with van der Waals surface area (Å²) in [5, 5.41) is 0. The Morgan fingerprint density at radius 2 is 2.06 bits per heavy atom. The first-order chi connectivity index (χ1) is 8.49. The van der Waals surface area contributed by atoms with Gasteiger partial charge in [0.15, 0.2) is 0 Å². The summed E-state index contributed by atoms with van der Waals surface area (Å²) in [6.07, 6.45) is 3.25. The van der Waals surface area contributed by atoms with E-state index in [0.717, 1.165) is 18.6 Å². The minimum Gasteiger partial charge on any atom is -0.496 e. The molecule has 0 saturated heterocycles. The number of hydrogen-bond donors (Lipinski definition) is 0. The van der Waals surface area contributed by atoms with Crippen LogP contribution in [0.4, 0.5) is 0 Å². The van der Waals surface area contributed by atoms with E-state index in [-0.39, 0.29) is 5.41 Å². The summed E-state index contributed by atoms with van der Waals surface area (Å²) >= 11 is 0. The maximum Gasteiger partial charge on any atom is 0.234 e. The van der Waals surface area contributed by atoms with Crippen molar-refractivity contribution >= 4 is 6.08 Å². The number of benzene rings is 1. The highest BCUT2D eigenvalue weighted by molar-refractivity contribution is 5.40. The standard InChI is InChI=1S/C15H21NO2/c1-15(2,3)13-7-8-14(18-4)12(10-13)6-5-9-16-11-17/h7-8,10H,5-6,9H2,1-4H3. The second kappa shape index (κ2) is 6.36. The molecular formula is C15H21NO2. The lowest BCUT2D eigenvalue weighted by molar-refractivity contribution is 0.408. The average molecular weight is 247 g/mol.